The Bertz CT molecular complexity index is 411. The average Bonchev–Trinajstić information content (AvgIpc) is 2.70. The minimum absolute atomic E-state index is 0.0128. The molecule has 0 aliphatic rings. The summed E-state index contributed by atoms with van der Waals surface area (Å²) in [4.78, 5) is 12.1. The maximum atomic E-state index is 12.1. The summed E-state index contributed by atoms with van der Waals surface area (Å²) in [5, 5.41) is 0. The second kappa shape index (κ2) is 20.1. The van der Waals surface area contributed by atoms with Gasteiger partial charge in [-0.2, -0.15) is 0 Å². The van der Waals surface area contributed by atoms with Gasteiger partial charge in [0.25, 0.3) is 0 Å². The van der Waals surface area contributed by atoms with Crippen LogP contribution in [0.25, 0.3) is 0 Å². The van der Waals surface area contributed by atoms with E-state index in [0.717, 1.165) is 31.6 Å². The Labute approximate surface area is 189 Å². The molecular weight excluding hydrogens is 368 g/mol. The van der Waals surface area contributed by atoms with Crippen molar-refractivity contribution in [1.82, 2.24) is 0 Å². The molecule has 30 heavy (non-hydrogen) atoms. The summed E-state index contributed by atoms with van der Waals surface area (Å²) >= 11 is 0. The highest BCUT2D eigenvalue weighted by Crippen LogP contribution is 2.22. The summed E-state index contributed by atoms with van der Waals surface area (Å²) in [7, 11) is 0. The molecule has 2 nitrogen and oxygen atoms in total. The van der Waals surface area contributed by atoms with E-state index in [-0.39, 0.29) is 11.6 Å². The first kappa shape index (κ1) is 29.2. The van der Waals surface area contributed by atoms with E-state index >= 15 is 0 Å². The van der Waals surface area contributed by atoms with Crippen molar-refractivity contribution in [2.24, 2.45) is 5.92 Å². The molecule has 0 fully saturated rings. The molecule has 2 heteroatoms. The molecule has 0 saturated heterocycles. The van der Waals surface area contributed by atoms with E-state index in [1.54, 1.807) is 0 Å². The Morgan fingerprint density at radius 1 is 0.800 bits per heavy atom. The van der Waals surface area contributed by atoms with Gasteiger partial charge in [0.15, 0.2) is 0 Å². The minimum Gasteiger partial charge on any atom is -0.460 e. The van der Waals surface area contributed by atoms with E-state index in [9.17, 15) is 4.79 Å². The molecule has 0 aliphatic heterocycles. The average molecular weight is 423 g/mol. The summed E-state index contributed by atoms with van der Waals surface area (Å²) in [6, 6.07) is 0. The van der Waals surface area contributed by atoms with Crippen LogP contribution in [0, 0.1) is 5.92 Å². The zero-order valence-corrected chi connectivity index (χ0v) is 21.3. The highest BCUT2D eigenvalue weighted by atomic mass is 16.6. The van der Waals surface area contributed by atoms with E-state index in [1.807, 2.05) is 0 Å². The lowest BCUT2D eigenvalue weighted by Crippen LogP contribution is -2.28. The normalized spacial score (nSPS) is 13.1. The lowest BCUT2D eigenvalue weighted by molar-refractivity contribution is -0.157. The van der Waals surface area contributed by atoms with Gasteiger partial charge in [0.05, 0.1) is 0 Å². The number of carbonyl (C=O) groups excluding carboxylic acids is 1. The van der Waals surface area contributed by atoms with Crippen molar-refractivity contribution in [3.8, 4) is 0 Å². The molecule has 0 amide bonds. The quantitative estimate of drug-likeness (QED) is 0.104. The van der Waals surface area contributed by atoms with Gasteiger partial charge in [-0.05, 0) is 64.7 Å². The number of ether oxygens (including phenoxy) is 1. The standard InChI is InChI=1S/C28H54O2/c1-6-8-9-10-11-12-13-14-15-16-17-18-19-20-21-24-27(29)30-28(4,5)25-22-23-26(3)7-2/h14-15,26H,6-13,16-25H2,1-5H3/b15-14-. The van der Waals surface area contributed by atoms with Gasteiger partial charge in [-0.15, -0.1) is 0 Å². The second-order valence-corrected chi connectivity index (χ2v) is 9.97. The topological polar surface area (TPSA) is 26.3 Å². The van der Waals surface area contributed by atoms with E-state index in [1.165, 1.54) is 83.5 Å². The molecule has 0 heterocycles. The van der Waals surface area contributed by atoms with Gasteiger partial charge in [0.1, 0.15) is 5.60 Å². The smallest absolute Gasteiger partial charge is 0.306 e. The highest BCUT2D eigenvalue weighted by Gasteiger charge is 2.22. The molecule has 1 atom stereocenters. The van der Waals surface area contributed by atoms with Crippen LogP contribution >= 0.6 is 0 Å². The van der Waals surface area contributed by atoms with Crippen LogP contribution in [0.3, 0.4) is 0 Å². The molecule has 1 unspecified atom stereocenters. The molecule has 0 saturated carbocycles. The van der Waals surface area contributed by atoms with Gasteiger partial charge in [-0.25, -0.2) is 0 Å². The SMILES string of the molecule is CCCCCCCC/C=C\CCCCCCCC(=O)OC(C)(C)CCCC(C)CC. The highest BCUT2D eigenvalue weighted by molar-refractivity contribution is 5.69. The molecule has 0 radical (unpaired) electrons. The first-order valence-electron chi connectivity index (χ1n) is 13.3. The summed E-state index contributed by atoms with van der Waals surface area (Å²) in [5.74, 6) is 0.758. The van der Waals surface area contributed by atoms with Crippen molar-refractivity contribution >= 4 is 5.97 Å². The predicted molar refractivity (Wildman–Crippen MR) is 133 cm³/mol. The van der Waals surface area contributed by atoms with Crippen molar-refractivity contribution in [2.75, 3.05) is 0 Å². The van der Waals surface area contributed by atoms with Crippen LogP contribution in [0.1, 0.15) is 150 Å². The molecule has 0 N–H and O–H groups in total. The van der Waals surface area contributed by atoms with Crippen LogP contribution in [-0.4, -0.2) is 11.6 Å². The van der Waals surface area contributed by atoms with Gasteiger partial charge in [0.2, 0.25) is 0 Å². The number of unbranched alkanes of at least 4 members (excludes halogenated alkanes) is 11. The van der Waals surface area contributed by atoms with Crippen molar-refractivity contribution < 1.29 is 9.53 Å². The fraction of sp³-hybridized carbons (Fsp3) is 0.893. The van der Waals surface area contributed by atoms with Crippen LogP contribution in [0.5, 0.6) is 0 Å². The Balaban J connectivity index is 3.50. The van der Waals surface area contributed by atoms with Crippen LogP contribution in [0.15, 0.2) is 12.2 Å². The lowest BCUT2D eigenvalue weighted by Gasteiger charge is -2.25. The summed E-state index contributed by atoms with van der Waals surface area (Å²) < 4.78 is 5.72. The van der Waals surface area contributed by atoms with Gasteiger partial charge in [-0.1, -0.05) is 97.1 Å². The summed E-state index contributed by atoms with van der Waals surface area (Å²) in [5.41, 5.74) is -0.313. The fourth-order valence-corrected chi connectivity index (χ4v) is 3.83. The molecule has 0 aliphatic carbocycles. The van der Waals surface area contributed by atoms with Crippen molar-refractivity contribution in [2.45, 2.75) is 156 Å². The number of carbonyl (C=O) groups is 1. The van der Waals surface area contributed by atoms with E-state index in [0.29, 0.717) is 6.42 Å². The Hall–Kier alpha value is -0.790. The molecular formula is C28H54O2. The summed E-state index contributed by atoms with van der Waals surface area (Å²) in [6.07, 6.45) is 26.5. The molecule has 0 bridgehead atoms. The van der Waals surface area contributed by atoms with Gasteiger partial charge < -0.3 is 4.74 Å². The van der Waals surface area contributed by atoms with Crippen LogP contribution in [-0.2, 0) is 9.53 Å². The maximum absolute atomic E-state index is 12.1. The van der Waals surface area contributed by atoms with E-state index in [4.69, 9.17) is 4.74 Å². The number of allylic oxidation sites excluding steroid dienone is 2. The molecule has 0 spiro atoms. The number of esters is 1. The van der Waals surface area contributed by atoms with Crippen molar-refractivity contribution in [1.29, 1.82) is 0 Å². The second-order valence-electron chi connectivity index (χ2n) is 9.97. The largest absolute Gasteiger partial charge is 0.460 e. The molecule has 0 aromatic rings. The minimum atomic E-state index is -0.313. The van der Waals surface area contributed by atoms with Crippen molar-refractivity contribution in [3.63, 3.8) is 0 Å². The van der Waals surface area contributed by atoms with Crippen LogP contribution in [0.4, 0.5) is 0 Å². The zero-order valence-electron chi connectivity index (χ0n) is 21.3. The van der Waals surface area contributed by atoms with Gasteiger partial charge in [-0.3, -0.25) is 4.79 Å². The fourth-order valence-electron chi connectivity index (χ4n) is 3.83. The Kier molecular flexibility index (Phi) is 19.6. The molecule has 0 aromatic heterocycles. The Morgan fingerprint density at radius 3 is 1.90 bits per heavy atom. The number of hydrogen-bond acceptors (Lipinski definition) is 2. The zero-order chi connectivity index (χ0) is 22.5. The predicted octanol–water partition coefficient (Wildman–Crippen LogP) is 9.56. The van der Waals surface area contributed by atoms with E-state index < -0.39 is 0 Å². The van der Waals surface area contributed by atoms with Crippen molar-refractivity contribution in [3.05, 3.63) is 12.2 Å². The Morgan fingerprint density at radius 2 is 1.33 bits per heavy atom. The number of rotatable bonds is 21. The first-order valence-corrected chi connectivity index (χ1v) is 13.3. The molecule has 178 valence electrons. The third-order valence-corrected chi connectivity index (χ3v) is 6.21. The van der Waals surface area contributed by atoms with Gasteiger partial charge in [0, 0.05) is 6.42 Å². The first-order chi connectivity index (χ1) is 14.4. The van der Waals surface area contributed by atoms with Crippen LogP contribution < -0.4 is 0 Å². The third-order valence-electron chi connectivity index (χ3n) is 6.21. The summed E-state index contributed by atoms with van der Waals surface area (Å²) in [6.45, 7) is 10.9. The molecule has 0 rings (SSSR count). The van der Waals surface area contributed by atoms with Gasteiger partial charge >= 0.3 is 5.97 Å². The van der Waals surface area contributed by atoms with E-state index in [2.05, 4.69) is 46.8 Å². The maximum Gasteiger partial charge on any atom is 0.306 e. The molecule has 0 aromatic carbocycles. The number of hydrogen-bond donors (Lipinski definition) is 0. The lowest BCUT2D eigenvalue weighted by atomic mass is 9.95. The monoisotopic (exact) mass is 422 g/mol. The third kappa shape index (κ3) is 20.5. The van der Waals surface area contributed by atoms with Crippen LogP contribution in [0.2, 0.25) is 0 Å².